The van der Waals surface area contributed by atoms with Crippen LogP contribution in [0.4, 0.5) is 0 Å². The van der Waals surface area contributed by atoms with Gasteiger partial charge in [0.25, 0.3) is 0 Å². The number of allylic oxidation sites excluding steroid dienone is 8. The zero-order valence-electron chi connectivity index (χ0n) is 24.0. The Labute approximate surface area is 267 Å². The monoisotopic (exact) mass is 650 g/mol. The van der Waals surface area contributed by atoms with Crippen LogP contribution in [0, 0.1) is 25.6 Å². The molecule has 0 heterocycles. The minimum absolute atomic E-state index is 0. The largest absolute Gasteiger partial charge is 0.184 e. The van der Waals surface area contributed by atoms with Gasteiger partial charge in [0, 0.05) is 0 Å². The summed E-state index contributed by atoms with van der Waals surface area (Å²) in [6.45, 7) is 10.6. The molecule has 3 aromatic rings. The van der Waals surface area contributed by atoms with Crippen LogP contribution in [0.2, 0.25) is 0 Å². The molecular formula is C35H42Cl2SiZr-4. The first-order valence-corrected chi connectivity index (χ1v) is 18.6. The molecule has 0 radical (unpaired) electrons. The predicted molar refractivity (Wildman–Crippen MR) is 176 cm³/mol. The van der Waals surface area contributed by atoms with E-state index < -0.39 is 0 Å². The number of hydrogen-bond acceptors (Lipinski definition) is 0. The van der Waals surface area contributed by atoms with Gasteiger partial charge in [-0.2, -0.15) is 59.7 Å². The van der Waals surface area contributed by atoms with Crippen molar-refractivity contribution in [1.29, 1.82) is 0 Å². The zero-order chi connectivity index (χ0) is 26.2. The number of halogens is 2. The van der Waals surface area contributed by atoms with Gasteiger partial charge >= 0.3 is 30.2 Å². The summed E-state index contributed by atoms with van der Waals surface area (Å²) in [4.78, 5) is 0. The first kappa shape index (κ1) is 39.4. The van der Waals surface area contributed by atoms with Gasteiger partial charge in [0.05, 0.1) is 0 Å². The first-order valence-electron chi connectivity index (χ1n) is 12.6. The van der Waals surface area contributed by atoms with Crippen LogP contribution in [0.15, 0.2) is 102 Å². The van der Waals surface area contributed by atoms with E-state index in [9.17, 15) is 0 Å². The molecule has 2 aliphatic carbocycles. The van der Waals surface area contributed by atoms with E-state index in [2.05, 4.69) is 107 Å². The van der Waals surface area contributed by atoms with Crippen LogP contribution in [0.3, 0.4) is 0 Å². The summed E-state index contributed by atoms with van der Waals surface area (Å²) in [6, 6.07) is 30.2. The molecule has 0 saturated carbocycles. The summed E-state index contributed by atoms with van der Waals surface area (Å²) in [5, 5.41) is 0. The van der Waals surface area contributed by atoms with Crippen molar-refractivity contribution in [3.8, 4) is 0 Å². The van der Waals surface area contributed by atoms with Crippen molar-refractivity contribution in [2.45, 2.75) is 53.4 Å². The van der Waals surface area contributed by atoms with E-state index in [0.29, 0.717) is 0 Å². The summed E-state index contributed by atoms with van der Waals surface area (Å²) in [7, 11) is 0. The molecule has 0 fully saturated rings. The minimum atomic E-state index is 0. The average molecular weight is 653 g/mol. The van der Waals surface area contributed by atoms with Crippen LogP contribution in [0.5, 0.6) is 0 Å². The maximum Gasteiger partial charge on any atom is -0.171 e. The third-order valence-electron chi connectivity index (χ3n) is 6.11. The molecule has 0 nitrogen and oxygen atoms in total. The molecule has 4 heteroatoms. The second-order valence-corrected chi connectivity index (χ2v) is 8.43. The van der Waals surface area contributed by atoms with Crippen molar-refractivity contribution in [1.82, 2.24) is 0 Å². The van der Waals surface area contributed by atoms with Gasteiger partial charge in [0.1, 0.15) is 0 Å². The van der Waals surface area contributed by atoms with E-state index >= 15 is 0 Å². The number of rotatable bonds is 4. The maximum absolute atomic E-state index is 3.32. The van der Waals surface area contributed by atoms with Crippen molar-refractivity contribution in [3.63, 3.8) is 0 Å². The Morgan fingerprint density at radius 3 is 1.21 bits per heavy atom. The Kier molecular flexibility index (Phi) is 23.3. The number of aryl methyl sites for hydroxylation is 2. The topological polar surface area (TPSA) is 0 Å². The first-order chi connectivity index (χ1) is 17.6. The zero-order valence-corrected chi connectivity index (χ0v) is 29.5. The maximum atomic E-state index is 3.32. The Hall–Kier alpha value is -1.70. The predicted octanol–water partition coefficient (Wildman–Crippen LogP) is 9.43. The summed E-state index contributed by atoms with van der Waals surface area (Å²) in [6.07, 6.45) is 15.3. The van der Waals surface area contributed by atoms with E-state index in [4.69, 9.17) is 0 Å². The molecule has 0 atom stereocenters. The van der Waals surface area contributed by atoms with E-state index in [-0.39, 0.29) is 32.2 Å². The molecule has 0 aromatic heterocycles. The number of benzene rings is 3. The fourth-order valence-corrected chi connectivity index (χ4v) is 3.96. The third-order valence-corrected chi connectivity index (χ3v) is 6.11. The Morgan fingerprint density at radius 2 is 1.00 bits per heavy atom. The van der Waals surface area contributed by atoms with Crippen molar-refractivity contribution < 1.29 is 23.3 Å². The van der Waals surface area contributed by atoms with E-state index in [1.807, 2.05) is 37.2 Å². The molecule has 0 amide bonds. The average Bonchev–Trinajstić information content (AvgIpc) is 3.59. The van der Waals surface area contributed by atoms with Crippen LogP contribution in [-0.4, -0.2) is 6.88 Å². The third kappa shape index (κ3) is 13.5. The van der Waals surface area contributed by atoms with Gasteiger partial charge in [-0.3, -0.25) is 12.2 Å². The smallest absolute Gasteiger partial charge is 0.171 e. The van der Waals surface area contributed by atoms with Crippen LogP contribution in [0.1, 0.15) is 62.8 Å². The second kappa shape index (κ2) is 23.0. The Balaban J connectivity index is 0. The summed E-state index contributed by atoms with van der Waals surface area (Å²) in [5.74, 6) is 0. The molecule has 0 bridgehead atoms. The molecule has 2 aliphatic rings. The van der Waals surface area contributed by atoms with Crippen LogP contribution >= 0.6 is 24.8 Å². The molecule has 0 saturated heterocycles. The number of hydrogen-bond donors (Lipinski definition) is 0. The minimum Gasteiger partial charge on any atom is -0.184 e. The van der Waals surface area contributed by atoms with Crippen LogP contribution < -0.4 is 0 Å². The molecule has 0 unspecified atom stereocenters. The molecular weight excluding hydrogens is 611 g/mol. The van der Waals surface area contributed by atoms with E-state index in [0.717, 1.165) is 25.7 Å². The SMILES string of the molecule is CCc1ccc(C2=CC[C-]=C2C)cc1.CCc1ccc(C2=CC[C-]=C2C)cc1.Cl.Cl.[CH3-].[SiH2]=[Zr].[c-]1ccccc1. The van der Waals surface area contributed by atoms with E-state index in [1.165, 1.54) is 44.5 Å². The normalized spacial score (nSPS) is 12.3. The van der Waals surface area contributed by atoms with Gasteiger partial charge < -0.3 is 7.43 Å². The molecule has 0 aliphatic heterocycles. The summed E-state index contributed by atoms with van der Waals surface area (Å²) < 4.78 is 0. The van der Waals surface area contributed by atoms with Crippen LogP contribution in [-0.2, 0) is 36.2 Å². The molecule has 5 rings (SSSR count). The molecule has 0 spiro atoms. The fourth-order valence-electron chi connectivity index (χ4n) is 3.96. The molecule has 208 valence electrons. The molecule has 3 aromatic carbocycles. The van der Waals surface area contributed by atoms with Gasteiger partial charge in [0.15, 0.2) is 0 Å². The quantitative estimate of drug-likeness (QED) is 0.195. The Bertz CT molecular complexity index is 1070. The second-order valence-electron chi connectivity index (χ2n) is 8.43. The van der Waals surface area contributed by atoms with Gasteiger partial charge in [-0.1, -0.05) is 76.2 Å². The molecule has 39 heavy (non-hydrogen) atoms. The van der Waals surface area contributed by atoms with Gasteiger partial charge in [0.2, 0.25) is 0 Å². The van der Waals surface area contributed by atoms with Gasteiger partial charge in [-0.25, -0.2) is 11.1 Å². The fraction of sp³-hybridized carbons (Fsp3) is 0.229. The van der Waals surface area contributed by atoms with Crippen molar-refractivity contribution in [2.24, 2.45) is 0 Å². The van der Waals surface area contributed by atoms with Crippen molar-refractivity contribution >= 4 is 42.8 Å². The van der Waals surface area contributed by atoms with Crippen LogP contribution in [0.25, 0.3) is 11.1 Å². The van der Waals surface area contributed by atoms with E-state index in [1.54, 1.807) is 23.3 Å². The Morgan fingerprint density at radius 1 is 0.641 bits per heavy atom. The summed E-state index contributed by atoms with van der Waals surface area (Å²) >= 11 is 1.58. The van der Waals surface area contributed by atoms with Gasteiger partial charge in [-0.05, 0) is 24.0 Å². The van der Waals surface area contributed by atoms with Crippen molar-refractivity contribution in [2.75, 3.05) is 0 Å². The van der Waals surface area contributed by atoms with Crippen molar-refractivity contribution in [3.05, 3.63) is 150 Å². The standard InChI is InChI=1S/2C14H15.C6H5.CH3.2ClH.H2Si.Zr/c2*1-3-12-7-9-13(10-8-12)14-6-4-5-11(14)2;1-2-4-6-5-3-1;;;;;/h2*6-10H,3-4H2,1-2H3;1-5H;1H3;2*1H;1H2;/q4*-1;;;;. The van der Waals surface area contributed by atoms with Gasteiger partial charge in [-0.15, -0.1) is 48.8 Å². The molecule has 0 N–H and O–H groups in total. The summed E-state index contributed by atoms with van der Waals surface area (Å²) in [5.41, 5.74) is 10.7.